The largest absolute Gasteiger partial charge is 0.478 e. The summed E-state index contributed by atoms with van der Waals surface area (Å²) < 4.78 is 6.25. The standard InChI is InChI=1S/C8H6ClN3O3/c1-15-7-6-11-5(9)4(8(13)14)12(6)3-2-10-7/h2-3H,1H3,(H,13,14). The number of ether oxygens (including phenoxy) is 1. The van der Waals surface area contributed by atoms with Crippen molar-refractivity contribution in [3.8, 4) is 5.88 Å². The average molecular weight is 228 g/mol. The minimum absolute atomic E-state index is 0.0891. The van der Waals surface area contributed by atoms with E-state index in [4.69, 9.17) is 21.4 Å². The van der Waals surface area contributed by atoms with Gasteiger partial charge in [0.2, 0.25) is 5.65 Å². The molecule has 2 aromatic heterocycles. The number of methoxy groups -OCH3 is 1. The van der Waals surface area contributed by atoms with E-state index in [1.54, 1.807) is 0 Å². The minimum atomic E-state index is -1.15. The lowest BCUT2D eigenvalue weighted by Crippen LogP contribution is -2.03. The molecule has 0 unspecified atom stereocenters. The number of carbonyl (C=O) groups is 1. The summed E-state index contributed by atoms with van der Waals surface area (Å²) in [5.41, 5.74) is 0.176. The van der Waals surface area contributed by atoms with Gasteiger partial charge >= 0.3 is 5.97 Å². The summed E-state index contributed by atoms with van der Waals surface area (Å²) in [7, 11) is 1.42. The molecule has 0 amide bonds. The van der Waals surface area contributed by atoms with E-state index in [-0.39, 0.29) is 22.4 Å². The van der Waals surface area contributed by atoms with Gasteiger partial charge in [0, 0.05) is 12.4 Å². The number of imidazole rings is 1. The third kappa shape index (κ3) is 1.39. The second-order valence-corrected chi connectivity index (χ2v) is 3.04. The molecule has 0 saturated heterocycles. The molecule has 15 heavy (non-hydrogen) atoms. The van der Waals surface area contributed by atoms with Gasteiger partial charge in [-0.05, 0) is 0 Å². The van der Waals surface area contributed by atoms with E-state index in [1.807, 2.05) is 0 Å². The van der Waals surface area contributed by atoms with Gasteiger partial charge in [0.05, 0.1) is 7.11 Å². The number of rotatable bonds is 2. The lowest BCUT2D eigenvalue weighted by atomic mass is 10.5. The molecule has 0 aliphatic rings. The van der Waals surface area contributed by atoms with Crippen LogP contribution in [-0.2, 0) is 0 Å². The first-order valence-electron chi connectivity index (χ1n) is 3.95. The summed E-state index contributed by atoms with van der Waals surface area (Å²) in [6.45, 7) is 0. The summed E-state index contributed by atoms with van der Waals surface area (Å²) >= 11 is 5.70. The molecular formula is C8H6ClN3O3. The average Bonchev–Trinajstić information content (AvgIpc) is 2.53. The van der Waals surface area contributed by atoms with E-state index in [9.17, 15) is 4.79 Å². The fourth-order valence-corrected chi connectivity index (χ4v) is 1.51. The number of carboxylic acid groups (broad SMARTS) is 1. The van der Waals surface area contributed by atoms with Gasteiger partial charge in [-0.3, -0.25) is 4.40 Å². The van der Waals surface area contributed by atoms with Crippen LogP contribution in [0, 0.1) is 0 Å². The second-order valence-electron chi connectivity index (χ2n) is 2.69. The van der Waals surface area contributed by atoms with Crippen molar-refractivity contribution in [3.63, 3.8) is 0 Å². The molecule has 6 nitrogen and oxygen atoms in total. The molecule has 0 aliphatic heterocycles. The number of hydrogen-bond acceptors (Lipinski definition) is 4. The summed E-state index contributed by atoms with van der Waals surface area (Å²) in [6, 6.07) is 0. The molecule has 0 saturated carbocycles. The van der Waals surface area contributed by atoms with Crippen LogP contribution in [-0.4, -0.2) is 32.6 Å². The van der Waals surface area contributed by atoms with Gasteiger partial charge in [0.25, 0.3) is 5.88 Å². The highest BCUT2D eigenvalue weighted by atomic mass is 35.5. The highest BCUT2D eigenvalue weighted by Gasteiger charge is 2.19. The van der Waals surface area contributed by atoms with Crippen LogP contribution in [0.3, 0.4) is 0 Å². The highest BCUT2D eigenvalue weighted by molar-refractivity contribution is 6.32. The zero-order valence-electron chi connectivity index (χ0n) is 7.64. The summed E-state index contributed by atoms with van der Waals surface area (Å²) in [6.07, 6.45) is 2.87. The van der Waals surface area contributed by atoms with Crippen molar-refractivity contribution in [2.75, 3.05) is 7.11 Å². The number of fused-ring (bicyclic) bond motifs is 1. The Morgan fingerprint density at radius 2 is 2.40 bits per heavy atom. The van der Waals surface area contributed by atoms with Crippen molar-refractivity contribution >= 4 is 23.2 Å². The number of hydrogen-bond donors (Lipinski definition) is 1. The Morgan fingerprint density at radius 3 is 3.00 bits per heavy atom. The van der Waals surface area contributed by atoms with Crippen LogP contribution in [0.25, 0.3) is 5.65 Å². The van der Waals surface area contributed by atoms with Crippen molar-refractivity contribution in [2.45, 2.75) is 0 Å². The first-order valence-corrected chi connectivity index (χ1v) is 4.32. The maximum atomic E-state index is 10.9. The van der Waals surface area contributed by atoms with Gasteiger partial charge in [-0.25, -0.2) is 14.8 Å². The van der Waals surface area contributed by atoms with Crippen molar-refractivity contribution in [1.29, 1.82) is 0 Å². The van der Waals surface area contributed by atoms with Crippen LogP contribution in [0.15, 0.2) is 12.4 Å². The Balaban J connectivity index is 2.84. The molecule has 0 aliphatic carbocycles. The molecule has 2 heterocycles. The number of aromatic carboxylic acids is 1. The summed E-state index contributed by atoms with van der Waals surface area (Å²) in [5.74, 6) is -0.923. The fraction of sp³-hybridized carbons (Fsp3) is 0.125. The zero-order valence-corrected chi connectivity index (χ0v) is 8.39. The lowest BCUT2D eigenvalue weighted by Gasteiger charge is -2.00. The van der Waals surface area contributed by atoms with E-state index in [0.717, 1.165) is 0 Å². The van der Waals surface area contributed by atoms with Crippen LogP contribution in [0.2, 0.25) is 5.15 Å². The fourth-order valence-electron chi connectivity index (χ4n) is 1.26. The van der Waals surface area contributed by atoms with E-state index < -0.39 is 5.97 Å². The molecule has 0 radical (unpaired) electrons. The van der Waals surface area contributed by atoms with Gasteiger partial charge in [-0.15, -0.1) is 0 Å². The predicted octanol–water partition coefficient (Wildman–Crippen LogP) is 1.09. The van der Waals surface area contributed by atoms with Crippen LogP contribution in [0.1, 0.15) is 10.5 Å². The van der Waals surface area contributed by atoms with E-state index in [0.29, 0.717) is 0 Å². The Bertz CT molecular complexity index is 537. The van der Waals surface area contributed by atoms with Gasteiger partial charge < -0.3 is 9.84 Å². The van der Waals surface area contributed by atoms with Gasteiger partial charge in [0.1, 0.15) is 0 Å². The smallest absolute Gasteiger partial charge is 0.356 e. The van der Waals surface area contributed by atoms with E-state index in [2.05, 4.69) is 9.97 Å². The highest BCUT2D eigenvalue weighted by Crippen LogP contribution is 2.22. The zero-order chi connectivity index (χ0) is 11.0. The van der Waals surface area contributed by atoms with Crippen LogP contribution < -0.4 is 4.74 Å². The molecule has 2 aromatic rings. The van der Waals surface area contributed by atoms with Crippen molar-refractivity contribution < 1.29 is 14.6 Å². The van der Waals surface area contributed by atoms with Gasteiger partial charge in [0.15, 0.2) is 10.8 Å². The second kappa shape index (κ2) is 3.39. The summed E-state index contributed by atoms with van der Waals surface area (Å²) in [4.78, 5) is 18.6. The van der Waals surface area contributed by atoms with Crippen molar-refractivity contribution in [3.05, 3.63) is 23.2 Å². The summed E-state index contributed by atoms with van der Waals surface area (Å²) in [5, 5.41) is 8.82. The maximum absolute atomic E-state index is 10.9. The Labute approximate surface area is 89.1 Å². The minimum Gasteiger partial charge on any atom is -0.478 e. The molecule has 0 aromatic carbocycles. The van der Waals surface area contributed by atoms with E-state index in [1.165, 1.54) is 23.9 Å². The van der Waals surface area contributed by atoms with Gasteiger partial charge in [-0.2, -0.15) is 0 Å². The lowest BCUT2D eigenvalue weighted by molar-refractivity contribution is 0.0689. The van der Waals surface area contributed by atoms with Crippen LogP contribution in [0.4, 0.5) is 0 Å². The molecule has 1 N–H and O–H groups in total. The molecule has 78 valence electrons. The Morgan fingerprint density at radius 1 is 1.67 bits per heavy atom. The molecule has 7 heteroatoms. The van der Waals surface area contributed by atoms with Crippen molar-refractivity contribution in [2.24, 2.45) is 0 Å². The van der Waals surface area contributed by atoms with E-state index >= 15 is 0 Å². The Kier molecular flexibility index (Phi) is 2.20. The number of carboxylic acids is 1. The third-order valence-electron chi connectivity index (χ3n) is 1.86. The first kappa shape index (κ1) is 9.72. The molecule has 0 bridgehead atoms. The molecular weight excluding hydrogens is 222 g/mol. The molecule has 2 rings (SSSR count). The molecule has 0 spiro atoms. The number of aromatic nitrogens is 3. The maximum Gasteiger partial charge on any atom is 0.356 e. The quantitative estimate of drug-likeness (QED) is 0.831. The van der Waals surface area contributed by atoms with Crippen LogP contribution >= 0.6 is 11.6 Å². The predicted molar refractivity (Wildman–Crippen MR) is 51.5 cm³/mol. The number of halogens is 1. The van der Waals surface area contributed by atoms with Crippen molar-refractivity contribution in [1.82, 2.24) is 14.4 Å². The monoisotopic (exact) mass is 227 g/mol. The molecule has 0 fully saturated rings. The first-order chi connectivity index (χ1) is 7.15. The SMILES string of the molecule is COc1nccn2c(C(=O)O)c(Cl)nc12. The molecule has 0 atom stereocenters. The van der Waals surface area contributed by atoms with Crippen LogP contribution in [0.5, 0.6) is 5.88 Å². The number of nitrogens with zero attached hydrogens (tertiary/aromatic N) is 3. The third-order valence-corrected chi connectivity index (χ3v) is 2.13. The topological polar surface area (TPSA) is 76.7 Å². The normalized spacial score (nSPS) is 10.5. The Hall–Kier alpha value is -1.82. The van der Waals surface area contributed by atoms with Gasteiger partial charge in [-0.1, -0.05) is 11.6 Å².